The molecule has 2 N–H and O–H groups in total. The number of aliphatic hydroxyl groups excluding tert-OH is 1. The molecule has 1 aliphatic rings. The van der Waals surface area contributed by atoms with E-state index in [1.807, 2.05) is 19.0 Å². The maximum Gasteiger partial charge on any atom is 0.355 e. The Bertz CT molecular complexity index is 1230. The first-order valence-corrected chi connectivity index (χ1v) is 12.1. The highest BCUT2D eigenvalue weighted by atomic mass is 16.5. The standard InChI is InChI=1S/C27H35N3O7/c1-8-37-27(34)22-15(2)20(16(3)28-22)24(31)21-23(18-14-17(35-6)10-11-19(18)36-7)30(26(33)25(21)32)13-9-12-29(4)5/h10-11,14,23,28,31H,8-9,12-13H2,1-7H3/t23-/m0/s1. The third-order valence-electron chi connectivity index (χ3n) is 6.43. The number of aromatic amines is 1. The van der Waals surface area contributed by atoms with Crippen LogP contribution >= 0.6 is 0 Å². The monoisotopic (exact) mass is 513 g/mol. The molecule has 200 valence electrons. The van der Waals surface area contributed by atoms with E-state index in [0.717, 1.165) is 0 Å². The summed E-state index contributed by atoms with van der Waals surface area (Å²) in [5, 5.41) is 11.6. The fraction of sp³-hybridized carbons (Fsp3) is 0.444. The second-order valence-electron chi connectivity index (χ2n) is 9.10. The smallest absolute Gasteiger partial charge is 0.355 e. The van der Waals surface area contributed by atoms with Crippen LogP contribution < -0.4 is 9.47 Å². The van der Waals surface area contributed by atoms with Gasteiger partial charge in [-0.15, -0.1) is 0 Å². The molecule has 0 spiro atoms. The maximum absolute atomic E-state index is 13.4. The summed E-state index contributed by atoms with van der Waals surface area (Å²) < 4.78 is 16.1. The number of aliphatic hydroxyl groups is 1. The van der Waals surface area contributed by atoms with E-state index in [2.05, 4.69) is 4.98 Å². The highest BCUT2D eigenvalue weighted by Crippen LogP contribution is 2.44. The van der Waals surface area contributed by atoms with Crippen molar-refractivity contribution in [1.82, 2.24) is 14.8 Å². The first-order valence-electron chi connectivity index (χ1n) is 12.1. The summed E-state index contributed by atoms with van der Waals surface area (Å²) in [6.45, 7) is 6.19. The van der Waals surface area contributed by atoms with Crippen molar-refractivity contribution < 1.29 is 33.7 Å². The third kappa shape index (κ3) is 5.34. The molecule has 0 saturated carbocycles. The van der Waals surface area contributed by atoms with Crippen LogP contribution in [0.5, 0.6) is 11.5 Å². The first kappa shape index (κ1) is 27.8. The molecule has 1 saturated heterocycles. The second-order valence-corrected chi connectivity index (χ2v) is 9.10. The van der Waals surface area contributed by atoms with E-state index in [1.54, 1.807) is 39.0 Å². The van der Waals surface area contributed by atoms with E-state index in [0.29, 0.717) is 41.3 Å². The van der Waals surface area contributed by atoms with Gasteiger partial charge in [0.15, 0.2) is 0 Å². The Kier molecular flexibility index (Phi) is 8.65. The molecule has 10 heteroatoms. The van der Waals surface area contributed by atoms with Crippen molar-refractivity contribution in [3.05, 3.63) is 51.9 Å². The van der Waals surface area contributed by atoms with Gasteiger partial charge in [-0.1, -0.05) is 0 Å². The molecule has 0 unspecified atom stereocenters. The van der Waals surface area contributed by atoms with Gasteiger partial charge in [0.25, 0.3) is 11.7 Å². The Morgan fingerprint density at radius 2 is 1.86 bits per heavy atom. The number of ketones is 1. The number of hydrogen-bond acceptors (Lipinski definition) is 8. The molecule has 1 aromatic carbocycles. The summed E-state index contributed by atoms with van der Waals surface area (Å²) >= 11 is 0. The van der Waals surface area contributed by atoms with Crippen LogP contribution in [0, 0.1) is 13.8 Å². The van der Waals surface area contributed by atoms with Crippen molar-refractivity contribution in [2.75, 3.05) is 48.0 Å². The van der Waals surface area contributed by atoms with E-state index >= 15 is 0 Å². The molecule has 0 bridgehead atoms. The van der Waals surface area contributed by atoms with E-state index in [4.69, 9.17) is 14.2 Å². The van der Waals surface area contributed by atoms with Gasteiger partial charge in [-0.2, -0.15) is 0 Å². The van der Waals surface area contributed by atoms with Crippen molar-refractivity contribution in [3.63, 3.8) is 0 Å². The molecule has 37 heavy (non-hydrogen) atoms. The van der Waals surface area contributed by atoms with Crippen molar-refractivity contribution in [3.8, 4) is 11.5 Å². The number of H-pyrrole nitrogens is 1. The summed E-state index contributed by atoms with van der Waals surface area (Å²) in [7, 11) is 6.86. The second kappa shape index (κ2) is 11.5. The number of benzene rings is 1. The Balaban J connectivity index is 2.25. The van der Waals surface area contributed by atoms with Crippen LogP contribution in [0.4, 0.5) is 0 Å². The maximum atomic E-state index is 13.4. The van der Waals surface area contributed by atoms with E-state index in [-0.39, 0.29) is 35.7 Å². The van der Waals surface area contributed by atoms with E-state index < -0.39 is 23.7 Å². The fourth-order valence-electron chi connectivity index (χ4n) is 4.69. The lowest BCUT2D eigenvalue weighted by Gasteiger charge is -2.27. The minimum atomic E-state index is -0.924. The molecule has 1 fully saturated rings. The zero-order chi connectivity index (χ0) is 27.4. The van der Waals surface area contributed by atoms with Crippen LogP contribution in [0.15, 0.2) is 23.8 Å². The summed E-state index contributed by atoms with van der Waals surface area (Å²) in [6.07, 6.45) is 0.609. The lowest BCUT2D eigenvalue weighted by molar-refractivity contribution is -0.140. The van der Waals surface area contributed by atoms with Crippen molar-refractivity contribution in [2.24, 2.45) is 0 Å². The van der Waals surface area contributed by atoms with Crippen LogP contribution in [-0.4, -0.2) is 85.6 Å². The zero-order valence-electron chi connectivity index (χ0n) is 22.4. The molecule has 1 aliphatic heterocycles. The minimum Gasteiger partial charge on any atom is -0.507 e. The van der Waals surface area contributed by atoms with Gasteiger partial charge < -0.3 is 34.1 Å². The molecule has 3 rings (SSSR count). The number of Topliss-reactive ketones (excluding diaryl/α,β-unsaturated/α-hetero) is 1. The molecule has 1 atom stereocenters. The Hall–Kier alpha value is -3.79. The molecule has 2 aromatic rings. The quantitative estimate of drug-likeness (QED) is 0.215. The predicted molar refractivity (Wildman–Crippen MR) is 138 cm³/mol. The van der Waals surface area contributed by atoms with Crippen LogP contribution in [0.25, 0.3) is 5.76 Å². The van der Waals surface area contributed by atoms with Crippen LogP contribution in [0.2, 0.25) is 0 Å². The van der Waals surface area contributed by atoms with Gasteiger partial charge in [0, 0.05) is 23.4 Å². The highest BCUT2D eigenvalue weighted by Gasteiger charge is 2.47. The Morgan fingerprint density at radius 3 is 2.46 bits per heavy atom. The first-order chi connectivity index (χ1) is 17.6. The lowest BCUT2D eigenvalue weighted by Crippen LogP contribution is -2.32. The van der Waals surface area contributed by atoms with Gasteiger partial charge in [0.1, 0.15) is 23.0 Å². The number of aromatic nitrogens is 1. The lowest BCUT2D eigenvalue weighted by atomic mass is 9.93. The normalized spacial score (nSPS) is 17.0. The average molecular weight is 514 g/mol. The number of likely N-dealkylation sites (tertiary alicyclic amines) is 1. The summed E-state index contributed by atoms with van der Waals surface area (Å²) in [5.74, 6) is -1.52. The summed E-state index contributed by atoms with van der Waals surface area (Å²) in [6, 6.07) is 4.18. The zero-order valence-corrected chi connectivity index (χ0v) is 22.4. The molecular weight excluding hydrogens is 478 g/mol. The van der Waals surface area contributed by atoms with Crippen LogP contribution in [-0.2, 0) is 14.3 Å². The summed E-state index contributed by atoms with van der Waals surface area (Å²) in [4.78, 5) is 45.6. The number of methoxy groups -OCH3 is 2. The number of aryl methyl sites for hydroxylation is 1. The average Bonchev–Trinajstić information content (AvgIpc) is 3.30. The van der Waals surface area contributed by atoms with Gasteiger partial charge in [-0.3, -0.25) is 9.59 Å². The van der Waals surface area contributed by atoms with Crippen molar-refractivity contribution in [2.45, 2.75) is 33.2 Å². The molecular formula is C27H35N3O7. The van der Waals surface area contributed by atoms with Gasteiger partial charge in [0.05, 0.1) is 32.4 Å². The topological polar surface area (TPSA) is 121 Å². The minimum absolute atomic E-state index is 0.0815. The number of carbonyl (C=O) groups is 3. The van der Waals surface area contributed by atoms with Crippen LogP contribution in [0.3, 0.4) is 0 Å². The number of esters is 1. The Labute approximate surface area is 216 Å². The van der Waals surface area contributed by atoms with E-state index in [9.17, 15) is 19.5 Å². The largest absolute Gasteiger partial charge is 0.507 e. The fourth-order valence-corrected chi connectivity index (χ4v) is 4.69. The van der Waals surface area contributed by atoms with E-state index in [1.165, 1.54) is 19.1 Å². The predicted octanol–water partition coefficient (Wildman–Crippen LogP) is 3.20. The molecule has 0 radical (unpaired) electrons. The molecule has 1 aromatic heterocycles. The molecule has 0 aliphatic carbocycles. The van der Waals surface area contributed by atoms with Crippen molar-refractivity contribution in [1.29, 1.82) is 0 Å². The molecule has 1 amide bonds. The number of rotatable bonds is 10. The number of nitrogens with one attached hydrogen (secondary N) is 1. The number of amides is 1. The van der Waals surface area contributed by atoms with Gasteiger partial charge in [-0.25, -0.2) is 4.79 Å². The number of hydrogen-bond donors (Lipinski definition) is 2. The number of ether oxygens (including phenoxy) is 3. The number of nitrogens with zero attached hydrogens (tertiary/aromatic N) is 2. The SMILES string of the molecule is CCOC(=O)c1[nH]c(C)c(C(O)=C2C(=O)C(=O)N(CCCN(C)C)[C@H]2c2cc(OC)ccc2OC)c1C. The third-order valence-corrected chi connectivity index (χ3v) is 6.43. The molecule has 2 heterocycles. The van der Waals surface area contributed by atoms with Crippen molar-refractivity contribution >= 4 is 23.4 Å². The van der Waals surface area contributed by atoms with Gasteiger partial charge in [0.2, 0.25) is 0 Å². The van der Waals surface area contributed by atoms with Gasteiger partial charge >= 0.3 is 5.97 Å². The van der Waals surface area contributed by atoms with Crippen LogP contribution in [0.1, 0.15) is 52.3 Å². The number of carbonyl (C=O) groups excluding carboxylic acids is 3. The summed E-state index contributed by atoms with van der Waals surface area (Å²) in [5.41, 5.74) is 1.76. The Morgan fingerprint density at radius 1 is 1.16 bits per heavy atom. The highest BCUT2D eigenvalue weighted by molar-refractivity contribution is 6.46. The molecule has 10 nitrogen and oxygen atoms in total. The van der Waals surface area contributed by atoms with Gasteiger partial charge in [-0.05, 0) is 71.6 Å².